The van der Waals surface area contributed by atoms with Gasteiger partial charge in [-0.15, -0.1) is 0 Å². The number of halogens is 3. The van der Waals surface area contributed by atoms with E-state index in [-0.39, 0.29) is 23.8 Å². The number of carbonyl (C=O) groups is 1. The van der Waals surface area contributed by atoms with Crippen LogP contribution in [0.15, 0.2) is 52.5 Å². The highest BCUT2D eigenvalue weighted by Gasteiger charge is 2.34. The van der Waals surface area contributed by atoms with E-state index < -0.39 is 17.8 Å². The molecule has 5 rings (SSSR count). The van der Waals surface area contributed by atoms with E-state index in [1.807, 2.05) is 11.0 Å². The third-order valence-electron chi connectivity index (χ3n) is 5.95. The number of amides is 1. The van der Waals surface area contributed by atoms with Gasteiger partial charge < -0.3 is 14.7 Å². The number of carbonyl (C=O) groups excluding carboxylic acids is 1. The van der Waals surface area contributed by atoms with Gasteiger partial charge >= 0.3 is 6.18 Å². The first kappa shape index (κ1) is 23.4. The average molecular weight is 503 g/mol. The van der Waals surface area contributed by atoms with Crippen molar-refractivity contribution < 1.29 is 27.8 Å². The van der Waals surface area contributed by atoms with E-state index >= 15 is 0 Å². The Kier molecular flexibility index (Phi) is 6.06. The maximum atomic E-state index is 13.6. The second-order valence-corrected chi connectivity index (χ2v) is 9.35. The third-order valence-corrected chi connectivity index (χ3v) is 6.99. The quantitative estimate of drug-likeness (QED) is 0.540. The van der Waals surface area contributed by atoms with Crippen LogP contribution < -0.4 is 4.74 Å². The van der Waals surface area contributed by atoms with Crippen molar-refractivity contribution in [2.45, 2.75) is 25.2 Å². The van der Waals surface area contributed by atoms with Gasteiger partial charge in [-0.25, -0.2) is 0 Å². The molecule has 2 aromatic carbocycles. The number of aliphatic imine (C=N–C) groups is 1. The molecule has 1 atom stereocenters. The summed E-state index contributed by atoms with van der Waals surface area (Å²) < 4.78 is 47.2. The molecule has 1 unspecified atom stereocenters. The number of hydrogen-bond donors (Lipinski definition) is 1. The van der Waals surface area contributed by atoms with E-state index in [2.05, 4.69) is 10.1 Å². The minimum atomic E-state index is -4.52. The number of likely N-dealkylation sites (tertiary alicyclic amines) is 1. The Morgan fingerprint density at radius 2 is 2.09 bits per heavy atom. The Morgan fingerprint density at radius 1 is 1.26 bits per heavy atom. The van der Waals surface area contributed by atoms with Gasteiger partial charge in [0.25, 0.3) is 5.91 Å². The summed E-state index contributed by atoms with van der Waals surface area (Å²) in [6, 6.07) is 9.27. The van der Waals surface area contributed by atoms with Crippen LogP contribution in [0.4, 0.5) is 13.2 Å². The number of alkyl halides is 3. The van der Waals surface area contributed by atoms with E-state index in [0.29, 0.717) is 35.1 Å². The highest BCUT2D eigenvalue weighted by Crippen LogP contribution is 2.35. The fraction of sp³-hybridized carbons (Fsp3) is 0.292. The first-order valence-electron chi connectivity index (χ1n) is 10.9. The maximum Gasteiger partial charge on any atom is 0.416 e. The molecule has 3 aromatic rings. The largest absolute Gasteiger partial charge is 0.497 e. The molecule has 0 spiro atoms. The van der Waals surface area contributed by atoms with E-state index in [9.17, 15) is 23.1 Å². The number of thioether (sulfide) groups is 1. The van der Waals surface area contributed by atoms with Crippen molar-refractivity contribution in [1.29, 1.82) is 0 Å². The molecule has 0 radical (unpaired) electrons. The summed E-state index contributed by atoms with van der Waals surface area (Å²) in [5.41, 5.74) is 0.745. The Bertz CT molecular complexity index is 1370. The number of rotatable bonds is 4. The molecule has 1 saturated heterocycles. The summed E-state index contributed by atoms with van der Waals surface area (Å²) in [5, 5.41) is 15.3. The van der Waals surface area contributed by atoms with Crippen LogP contribution in [0.2, 0.25) is 0 Å². The number of β-amino-alcohol motifs (C(OH)–C–C–N with tert-alkyl or cyclic N) is 1. The molecule has 0 bridgehead atoms. The third kappa shape index (κ3) is 4.78. The van der Waals surface area contributed by atoms with Gasteiger partial charge in [0.2, 0.25) is 0 Å². The number of methoxy groups -OCH3 is 1. The molecule has 0 saturated carbocycles. The van der Waals surface area contributed by atoms with E-state index in [0.717, 1.165) is 17.0 Å². The Hall–Kier alpha value is -3.31. The average Bonchev–Trinajstić information content (AvgIpc) is 3.52. The molecule has 7 nitrogen and oxygen atoms in total. The van der Waals surface area contributed by atoms with Crippen molar-refractivity contribution in [3.05, 3.63) is 64.2 Å². The summed E-state index contributed by atoms with van der Waals surface area (Å²) in [7, 11) is 1.32. The molecule has 1 amide bonds. The standard InChI is InChI=1S/C24H21F3N4O3S/c1-34-18-4-3-15(19(10-18)24(25,26)27)12-31-20-5-2-14(8-16(20)11-28-31)9-21-22(33)29-23(35-21)30-7-6-17(32)13-30/h2-5,8-11,17,32H,6-7,12-13H2,1H3. The molecule has 0 aliphatic carbocycles. The van der Waals surface area contributed by atoms with Gasteiger partial charge in [0.15, 0.2) is 5.17 Å². The predicted molar refractivity (Wildman–Crippen MR) is 127 cm³/mol. The van der Waals surface area contributed by atoms with Gasteiger partial charge in [-0.3, -0.25) is 9.48 Å². The zero-order chi connectivity index (χ0) is 24.7. The number of ether oxygens (including phenoxy) is 1. The van der Waals surface area contributed by atoms with E-state index in [4.69, 9.17) is 4.74 Å². The molecule has 1 N–H and O–H groups in total. The molecule has 1 aromatic heterocycles. The second kappa shape index (κ2) is 9.04. The van der Waals surface area contributed by atoms with Gasteiger partial charge in [0, 0.05) is 18.5 Å². The number of aliphatic hydroxyl groups is 1. The van der Waals surface area contributed by atoms with E-state index in [1.165, 1.54) is 35.7 Å². The van der Waals surface area contributed by atoms with Crippen molar-refractivity contribution in [1.82, 2.24) is 14.7 Å². The lowest BCUT2D eigenvalue weighted by molar-refractivity contribution is -0.138. The van der Waals surface area contributed by atoms with Crippen molar-refractivity contribution in [3.63, 3.8) is 0 Å². The number of nitrogens with zero attached hydrogens (tertiary/aromatic N) is 4. The van der Waals surface area contributed by atoms with Crippen LogP contribution in [-0.4, -0.2) is 57.2 Å². The fourth-order valence-electron chi connectivity index (χ4n) is 4.17. The lowest BCUT2D eigenvalue weighted by Crippen LogP contribution is -2.26. The fourth-order valence-corrected chi connectivity index (χ4v) is 5.12. The highest BCUT2D eigenvalue weighted by atomic mass is 32.2. The number of fused-ring (bicyclic) bond motifs is 1. The summed E-state index contributed by atoms with van der Waals surface area (Å²) in [6.07, 6.45) is -0.964. The first-order valence-corrected chi connectivity index (χ1v) is 11.7. The molecule has 2 aliphatic rings. The number of amidine groups is 1. The summed E-state index contributed by atoms with van der Waals surface area (Å²) in [5.74, 6) is -0.196. The molecule has 11 heteroatoms. The minimum absolute atomic E-state index is 0.0595. The lowest BCUT2D eigenvalue weighted by atomic mass is 10.1. The van der Waals surface area contributed by atoms with Gasteiger partial charge in [0.05, 0.1) is 41.9 Å². The Labute approximate surface area is 202 Å². The smallest absolute Gasteiger partial charge is 0.416 e. The molecule has 35 heavy (non-hydrogen) atoms. The summed E-state index contributed by atoms with van der Waals surface area (Å²) >= 11 is 1.27. The van der Waals surface area contributed by atoms with Crippen molar-refractivity contribution in [2.75, 3.05) is 20.2 Å². The van der Waals surface area contributed by atoms with Crippen LogP contribution in [0, 0.1) is 0 Å². The van der Waals surface area contributed by atoms with Crippen LogP contribution >= 0.6 is 11.8 Å². The van der Waals surface area contributed by atoms with Gasteiger partial charge in [-0.2, -0.15) is 23.3 Å². The molecule has 182 valence electrons. The zero-order valence-corrected chi connectivity index (χ0v) is 19.4. The van der Waals surface area contributed by atoms with Crippen LogP contribution in [0.25, 0.3) is 17.0 Å². The van der Waals surface area contributed by atoms with Gasteiger partial charge in [0.1, 0.15) is 5.75 Å². The topological polar surface area (TPSA) is 79.9 Å². The summed E-state index contributed by atoms with van der Waals surface area (Å²) in [6.45, 7) is 1.06. The van der Waals surface area contributed by atoms with Crippen LogP contribution in [0.3, 0.4) is 0 Å². The normalized spacial score (nSPS) is 19.7. The first-order chi connectivity index (χ1) is 16.7. The minimum Gasteiger partial charge on any atom is -0.497 e. The SMILES string of the molecule is COc1ccc(Cn2ncc3cc(C=C4SC(N5CCC(O)C5)=NC4=O)ccc32)c(C(F)(F)F)c1. The molecular weight excluding hydrogens is 481 g/mol. The number of benzene rings is 2. The Morgan fingerprint density at radius 3 is 2.80 bits per heavy atom. The zero-order valence-electron chi connectivity index (χ0n) is 18.6. The molecule has 1 fully saturated rings. The van der Waals surface area contributed by atoms with Gasteiger partial charge in [-0.1, -0.05) is 12.1 Å². The molecule has 2 aliphatic heterocycles. The predicted octanol–water partition coefficient (Wildman–Crippen LogP) is 4.15. The van der Waals surface area contributed by atoms with Crippen LogP contribution in [0.5, 0.6) is 5.75 Å². The number of aromatic nitrogens is 2. The molecular formula is C24H21F3N4O3S. The Balaban J connectivity index is 1.38. The number of hydrogen-bond acceptors (Lipinski definition) is 6. The van der Waals surface area contributed by atoms with Crippen molar-refractivity contribution >= 4 is 39.8 Å². The number of aliphatic hydroxyl groups excluding tert-OH is 1. The van der Waals surface area contributed by atoms with Crippen LogP contribution in [0.1, 0.15) is 23.1 Å². The van der Waals surface area contributed by atoms with Crippen molar-refractivity contribution in [2.24, 2.45) is 4.99 Å². The highest BCUT2D eigenvalue weighted by molar-refractivity contribution is 8.18. The van der Waals surface area contributed by atoms with E-state index in [1.54, 1.807) is 24.4 Å². The monoisotopic (exact) mass is 502 g/mol. The lowest BCUT2D eigenvalue weighted by Gasteiger charge is -2.15. The maximum absolute atomic E-state index is 13.6. The second-order valence-electron chi connectivity index (χ2n) is 8.34. The van der Waals surface area contributed by atoms with Crippen LogP contribution in [-0.2, 0) is 17.5 Å². The van der Waals surface area contributed by atoms with Gasteiger partial charge in [-0.05, 0) is 59.7 Å². The molecule has 3 heterocycles. The van der Waals surface area contributed by atoms with Crippen molar-refractivity contribution in [3.8, 4) is 5.75 Å². The summed E-state index contributed by atoms with van der Waals surface area (Å²) in [4.78, 5) is 18.9.